The minimum absolute atomic E-state index is 0.110. The van der Waals surface area contributed by atoms with Crippen LogP contribution in [0.4, 0.5) is 5.69 Å². The van der Waals surface area contributed by atoms with Gasteiger partial charge in [0, 0.05) is 18.7 Å². The van der Waals surface area contributed by atoms with Gasteiger partial charge in [-0.15, -0.1) is 0 Å². The summed E-state index contributed by atoms with van der Waals surface area (Å²) in [5.41, 5.74) is 1.76. The van der Waals surface area contributed by atoms with Crippen molar-refractivity contribution in [3.8, 4) is 5.69 Å². The molecule has 1 aromatic heterocycles. The number of para-hydroxylation sites is 1. The highest BCUT2D eigenvalue weighted by atomic mass is 16.6. The third kappa shape index (κ3) is 4.63. The third-order valence-corrected chi connectivity index (χ3v) is 6.21. The van der Waals surface area contributed by atoms with Gasteiger partial charge in [-0.05, 0) is 51.7 Å². The summed E-state index contributed by atoms with van der Waals surface area (Å²) in [6.45, 7) is 2.67. The van der Waals surface area contributed by atoms with E-state index < -0.39 is 22.7 Å². The summed E-state index contributed by atoms with van der Waals surface area (Å²) in [4.78, 5) is 40.6. The summed E-state index contributed by atoms with van der Waals surface area (Å²) in [6, 6.07) is 14.1. The molecule has 186 valence electrons. The van der Waals surface area contributed by atoms with E-state index in [1.165, 1.54) is 29.3 Å². The van der Waals surface area contributed by atoms with Crippen LogP contribution in [0.2, 0.25) is 0 Å². The van der Waals surface area contributed by atoms with Crippen LogP contribution >= 0.6 is 0 Å². The zero-order valence-electron chi connectivity index (χ0n) is 20.3. The highest BCUT2D eigenvalue weighted by molar-refractivity contribution is 6.46. The van der Waals surface area contributed by atoms with Crippen molar-refractivity contribution in [1.82, 2.24) is 19.6 Å². The fourth-order valence-electron chi connectivity index (χ4n) is 4.44. The van der Waals surface area contributed by atoms with Crippen LogP contribution in [0.15, 0.2) is 66.4 Å². The van der Waals surface area contributed by atoms with Gasteiger partial charge in [0.1, 0.15) is 5.76 Å². The lowest BCUT2D eigenvalue weighted by molar-refractivity contribution is -0.384. The molecular weight excluding hydrogens is 462 g/mol. The standard InChI is InChI=1S/C26H27N5O5/c1-17-21(16-27-30(17)19-10-5-4-6-11-19)24(32)22-23(18-9-7-12-20(15-18)31(35)36)29(26(34)25(22)33)14-8-13-28(2)3/h4-7,9-12,15-16,23,32H,8,13-14H2,1-3H3/t23-/m1/s1. The van der Waals surface area contributed by atoms with E-state index in [4.69, 9.17) is 0 Å². The first kappa shape index (κ1) is 24.8. The molecule has 1 amide bonds. The van der Waals surface area contributed by atoms with Gasteiger partial charge in [-0.2, -0.15) is 5.10 Å². The molecule has 0 aliphatic carbocycles. The van der Waals surface area contributed by atoms with Crippen LogP contribution in [0, 0.1) is 17.0 Å². The molecular formula is C26H27N5O5. The summed E-state index contributed by atoms with van der Waals surface area (Å²) in [6.07, 6.45) is 2.03. The summed E-state index contributed by atoms with van der Waals surface area (Å²) in [5, 5.41) is 27.2. The maximum absolute atomic E-state index is 13.2. The van der Waals surface area contributed by atoms with Crippen LogP contribution in [-0.4, -0.2) is 68.5 Å². The van der Waals surface area contributed by atoms with E-state index in [1.54, 1.807) is 17.7 Å². The molecule has 0 bridgehead atoms. The predicted molar refractivity (Wildman–Crippen MR) is 134 cm³/mol. The van der Waals surface area contributed by atoms with Gasteiger partial charge < -0.3 is 14.9 Å². The molecule has 0 unspecified atom stereocenters. The Labute approximate surface area is 208 Å². The number of aliphatic hydroxyl groups excluding tert-OH is 1. The van der Waals surface area contributed by atoms with Crippen LogP contribution in [-0.2, 0) is 9.59 Å². The maximum atomic E-state index is 13.2. The molecule has 1 fully saturated rings. The number of non-ortho nitro benzene ring substituents is 1. The molecule has 2 heterocycles. The van der Waals surface area contributed by atoms with Crippen molar-refractivity contribution < 1.29 is 19.6 Å². The molecule has 0 saturated carbocycles. The molecule has 1 saturated heterocycles. The fraction of sp³-hybridized carbons (Fsp3) is 0.269. The summed E-state index contributed by atoms with van der Waals surface area (Å²) >= 11 is 0. The van der Waals surface area contributed by atoms with Gasteiger partial charge in [0.25, 0.3) is 17.4 Å². The number of rotatable bonds is 8. The number of benzene rings is 2. The van der Waals surface area contributed by atoms with Crippen LogP contribution in [0.3, 0.4) is 0 Å². The number of hydrogen-bond acceptors (Lipinski definition) is 7. The second-order valence-corrected chi connectivity index (χ2v) is 8.89. The Kier molecular flexibility index (Phi) is 6.98. The summed E-state index contributed by atoms with van der Waals surface area (Å²) in [5.74, 6) is -1.94. The highest BCUT2D eigenvalue weighted by Gasteiger charge is 2.46. The predicted octanol–water partition coefficient (Wildman–Crippen LogP) is 3.46. The number of amides is 1. The van der Waals surface area contributed by atoms with Gasteiger partial charge in [0.15, 0.2) is 0 Å². The zero-order chi connectivity index (χ0) is 26.0. The largest absolute Gasteiger partial charge is 0.507 e. The van der Waals surface area contributed by atoms with Crippen LogP contribution in [0.5, 0.6) is 0 Å². The number of carbonyl (C=O) groups excluding carboxylic acids is 2. The lowest BCUT2D eigenvalue weighted by Gasteiger charge is -2.25. The molecule has 2 aromatic carbocycles. The molecule has 36 heavy (non-hydrogen) atoms. The number of hydrogen-bond donors (Lipinski definition) is 1. The number of likely N-dealkylation sites (tertiary alicyclic amines) is 1. The van der Waals surface area contributed by atoms with Crippen molar-refractivity contribution in [2.24, 2.45) is 0 Å². The number of nitro benzene ring substituents is 1. The zero-order valence-corrected chi connectivity index (χ0v) is 20.3. The van der Waals surface area contributed by atoms with E-state index in [0.717, 1.165) is 5.69 Å². The van der Waals surface area contributed by atoms with Crippen molar-refractivity contribution in [3.63, 3.8) is 0 Å². The fourth-order valence-corrected chi connectivity index (χ4v) is 4.44. The SMILES string of the molecule is Cc1c(C(O)=C2C(=O)C(=O)N(CCCN(C)C)[C@@H]2c2cccc([N+](=O)[O-])c2)cnn1-c1ccccc1. The van der Waals surface area contributed by atoms with Gasteiger partial charge in [0.2, 0.25) is 0 Å². The Bertz CT molecular complexity index is 1350. The Morgan fingerprint density at radius 1 is 1.14 bits per heavy atom. The molecule has 1 aliphatic heterocycles. The maximum Gasteiger partial charge on any atom is 0.295 e. The van der Waals surface area contributed by atoms with E-state index in [9.17, 15) is 24.8 Å². The molecule has 1 aliphatic rings. The number of aromatic nitrogens is 2. The Morgan fingerprint density at radius 3 is 2.53 bits per heavy atom. The minimum atomic E-state index is -0.966. The van der Waals surface area contributed by atoms with Crippen molar-refractivity contribution in [2.75, 3.05) is 27.2 Å². The molecule has 3 aromatic rings. The number of nitrogens with zero attached hydrogens (tertiary/aromatic N) is 5. The lowest BCUT2D eigenvalue weighted by atomic mass is 9.95. The second-order valence-electron chi connectivity index (χ2n) is 8.89. The lowest BCUT2D eigenvalue weighted by Crippen LogP contribution is -2.32. The molecule has 10 nitrogen and oxygen atoms in total. The Morgan fingerprint density at radius 2 is 1.86 bits per heavy atom. The first-order chi connectivity index (χ1) is 17.2. The second kappa shape index (κ2) is 10.1. The normalized spacial score (nSPS) is 17.2. The Balaban J connectivity index is 1.84. The van der Waals surface area contributed by atoms with Gasteiger partial charge in [0.05, 0.1) is 39.7 Å². The number of ketones is 1. The van der Waals surface area contributed by atoms with Gasteiger partial charge in [-0.25, -0.2) is 4.68 Å². The van der Waals surface area contributed by atoms with Crippen molar-refractivity contribution in [1.29, 1.82) is 0 Å². The van der Waals surface area contributed by atoms with Gasteiger partial charge in [-0.3, -0.25) is 19.7 Å². The molecule has 10 heteroatoms. The van der Waals surface area contributed by atoms with Crippen LogP contribution in [0.1, 0.15) is 29.3 Å². The first-order valence-electron chi connectivity index (χ1n) is 11.5. The number of carbonyl (C=O) groups is 2. The van der Waals surface area contributed by atoms with Gasteiger partial charge in [-0.1, -0.05) is 30.3 Å². The minimum Gasteiger partial charge on any atom is -0.507 e. The van der Waals surface area contributed by atoms with Crippen LogP contribution < -0.4 is 0 Å². The number of Topliss-reactive ketones (excluding diaryl/α,β-unsaturated/α-hetero) is 1. The van der Waals surface area contributed by atoms with Crippen LogP contribution in [0.25, 0.3) is 11.4 Å². The molecule has 0 radical (unpaired) electrons. The average molecular weight is 490 g/mol. The van der Waals surface area contributed by atoms with E-state index in [1.807, 2.05) is 49.3 Å². The first-order valence-corrected chi connectivity index (χ1v) is 11.5. The van der Waals surface area contributed by atoms with Crippen molar-refractivity contribution in [3.05, 3.63) is 93.3 Å². The molecule has 4 rings (SSSR count). The average Bonchev–Trinajstić information content (AvgIpc) is 3.36. The molecule has 1 N–H and O–H groups in total. The summed E-state index contributed by atoms with van der Waals surface area (Å²) in [7, 11) is 3.80. The van der Waals surface area contributed by atoms with E-state index in [-0.39, 0.29) is 23.6 Å². The highest BCUT2D eigenvalue weighted by Crippen LogP contribution is 2.40. The number of aliphatic hydroxyl groups is 1. The molecule has 1 atom stereocenters. The Hall–Kier alpha value is -4.31. The van der Waals surface area contributed by atoms with Gasteiger partial charge >= 0.3 is 0 Å². The van der Waals surface area contributed by atoms with Crippen molar-refractivity contribution >= 4 is 23.1 Å². The van der Waals surface area contributed by atoms with E-state index in [0.29, 0.717) is 29.8 Å². The molecule has 0 spiro atoms. The third-order valence-electron chi connectivity index (χ3n) is 6.21. The topological polar surface area (TPSA) is 122 Å². The van der Waals surface area contributed by atoms with E-state index in [2.05, 4.69) is 5.10 Å². The smallest absolute Gasteiger partial charge is 0.295 e. The summed E-state index contributed by atoms with van der Waals surface area (Å²) < 4.78 is 1.63. The van der Waals surface area contributed by atoms with Crippen molar-refractivity contribution in [2.45, 2.75) is 19.4 Å². The quantitative estimate of drug-likeness (QED) is 0.169. The van der Waals surface area contributed by atoms with E-state index >= 15 is 0 Å². The monoisotopic (exact) mass is 489 g/mol. The number of nitro groups is 1.